The third kappa shape index (κ3) is 6.10. The molecule has 5 heteroatoms. The van der Waals surface area contributed by atoms with Crippen LogP contribution in [0.15, 0.2) is 0 Å². The maximum Gasteiger partial charge on any atom is 0.0800 e. The van der Waals surface area contributed by atoms with Gasteiger partial charge in [0.15, 0.2) is 0 Å². The molecule has 1 aromatic heterocycles. The van der Waals surface area contributed by atoms with E-state index >= 15 is 0 Å². The van der Waals surface area contributed by atoms with Crippen molar-refractivity contribution in [1.82, 2.24) is 20.2 Å². The smallest absolute Gasteiger partial charge is 0.0800 e. The van der Waals surface area contributed by atoms with Crippen molar-refractivity contribution >= 4 is 11.5 Å². The molecule has 2 N–H and O–H groups in total. The summed E-state index contributed by atoms with van der Waals surface area (Å²) < 4.78 is 4.02. The van der Waals surface area contributed by atoms with Gasteiger partial charge in [0.2, 0.25) is 0 Å². The predicted molar refractivity (Wildman–Crippen MR) is 73.4 cm³/mol. The molecule has 0 atom stereocenters. The molecule has 0 aromatic carbocycles. The van der Waals surface area contributed by atoms with Crippen molar-refractivity contribution in [3.63, 3.8) is 0 Å². The lowest BCUT2D eigenvalue weighted by Gasteiger charge is -2.08. The minimum Gasteiger partial charge on any atom is -0.314 e. The second-order valence-electron chi connectivity index (χ2n) is 4.53. The first-order valence-electron chi connectivity index (χ1n) is 6.48. The molecule has 0 aliphatic carbocycles. The van der Waals surface area contributed by atoms with Gasteiger partial charge in [-0.1, -0.05) is 31.7 Å². The number of nitrogens with zero attached hydrogens (tertiary/aromatic N) is 2. The Morgan fingerprint density at radius 3 is 2.82 bits per heavy atom. The first-order chi connectivity index (χ1) is 8.24. The molecule has 1 aromatic rings. The fourth-order valence-electron chi connectivity index (χ4n) is 1.59. The van der Waals surface area contributed by atoms with E-state index in [1.165, 1.54) is 22.1 Å². The first kappa shape index (κ1) is 14.5. The lowest BCUT2D eigenvalue weighted by atomic mass is 10.2. The molecule has 0 saturated carbocycles. The van der Waals surface area contributed by atoms with Crippen molar-refractivity contribution in [1.29, 1.82) is 0 Å². The molecule has 98 valence electrons. The molecule has 0 unspecified atom stereocenters. The Bertz CT molecular complexity index is 298. The standard InChI is InChI=1S/C12H24N4S/c1-4-6-11-12(17-16-15-11)9-13-7-5-8-14-10(2)3/h10,13-14H,4-9H2,1-3H3. The molecule has 0 bridgehead atoms. The van der Waals surface area contributed by atoms with Crippen molar-refractivity contribution in [2.75, 3.05) is 13.1 Å². The Labute approximate surface area is 108 Å². The van der Waals surface area contributed by atoms with Crippen molar-refractivity contribution in [3.05, 3.63) is 10.6 Å². The van der Waals surface area contributed by atoms with Gasteiger partial charge < -0.3 is 10.6 Å². The molecule has 0 fully saturated rings. The lowest BCUT2D eigenvalue weighted by Crippen LogP contribution is -2.26. The Kier molecular flexibility index (Phi) is 7.32. The molecular formula is C12H24N4S. The van der Waals surface area contributed by atoms with E-state index in [1.807, 2.05) is 0 Å². The topological polar surface area (TPSA) is 49.8 Å². The minimum absolute atomic E-state index is 0.580. The summed E-state index contributed by atoms with van der Waals surface area (Å²) in [5.74, 6) is 0. The normalized spacial score (nSPS) is 11.3. The summed E-state index contributed by atoms with van der Waals surface area (Å²) in [6.07, 6.45) is 3.34. The highest BCUT2D eigenvalue weighted by Crippen LogP contribution is 2.11. The third-order valence-corrected chi connectivity index (χ3v) is 3.25. The molecule has 0 radical (unpaired) electrons. The van der Waals surface area contributed by atoms with E-state index < -0.39 is 0 Å². The number of hydrogen-bond donors (Lipinski definition) is 2. The highest BCUT2D eigenvalue weighted by molar-refractivity contribution is 7.05. The van der Waals surface area contributed by atoms with E-state index in [-0.39, 0.29) is 0 Å². The molecule has 1 rings (SSSR count). The van der Waals surface area contributed by atoms with E-state index in [4.69, 9.17) is 0 Å². The number of nitrogens with one attached hydrogen (secondary N) is 2. The van der Waals surface area contributed by atoms with Crippen LogP contribution in [0.5, 0.6) is 0 Å². The van der Waals surface area contributed by atoms with Crippen LogP contribution in [-0.2, 0) is 13.0 Å². The molecule has 0 amide bonds. The molecule has 0 spiro atoms. The van der Waals surface area contributed by atoms with Gasteiger partial charge in [-0.3, -0.25) is 0 Å². The Balaban J connectivity index is 2.11. The highest BCUT2D eigenvalue weighted by atomic mass is 32.1. The van der Waals surface area contributed by atoms with E-state index in [0.717, 1.165) is 38.9 Å². The highest BCUT2D eigenvalue weighted by Gasteiger charge is 2.05. The molecule has 0 aliphatic heterocycles. The number of rotatable bonds is 9. The largest absolute Gasteiger partial charge is 0.314 e. The quantitative estimate of drug-likeness (QED) is 0.663. The van der Waals surface area contributed by atoms with Gasteiger partial charge in [-0.2, -0.15) is 0 Å². The second kappa shape index (κ2) is 8.55. The van der Waals surface area contributed by atoms with Crippen LogP contribution in [0.1, 0.15) is 44.2 Å². The van der Waals surface area contributed by atoms with Crippen LogP contribution >= 0.6 is 11.5 Å². The van der Waals surface area contributed by atoms with E-state index in [1.54, 1.807) is 0 Å². The Morgan fingerprint density at radius 2 is 2.12 bits per heavy atom. The van der Waals surface area contributed by atoms with Gasteiger partial charge in [-0.05, 0) is 37.5 Å². The summed E-state index contributed by atoms with van der Waals surface area (Å²) in [6, 6.07) is 0.580. The number of aromatic nitrogens is 2. The summed E-state index contributed by atoms with van der Waals surface area (Å²) in [7, 11) is 0. The van der Waals surface area contributed by atoms with E-state index in [9.17, 15) is 0 Å². The maximum absolute atomic E-state index is 4.16. The molecule has 0 saturated heterocycles. The Hall–Kier alpha value is -0.520. The molecule has 4 nitrogen and oxygen atoms in total. The van der Waals surface area contributed by atoms with Crippen molar-refractivity contribution in [3.8, 4) is 0 Å². The molecule has 1 heterocycles. The molecule has 17 heavy (non-hydrogen) atoms. The fourth-order valence-corrected chi connectivity index (χ4v) is 2.25. The first-order valence-corrected chi connectivity index (χ1v) is 7.25. The zero-order valence-corrected chi connectivity index (χ0v) is 11.9. The van der Waals surface area contributed by atoms with Crippen LogP contribution in [0.25, 0.3) is 0 Å². The Morgan fingerprint density at radius 1 is 1.29 bits per heavy atom. The van der Waals surface area contributed by atoms with Gasteiger partial charge in [-0.15, -0.1) is 5.10 Å². The van der Waals surface area contributed by atoms with Crippen LogP contribution < -0.4 is 10.6 Å². The average molecular weight is 256 g/mol. The van der Waals surface area contributed by atoms with Crippen molar-refractivity contribution in [2.45, 2.75) is 52.6 Å². The van der Waals surface area contributed by atoms with Gasteiger partial charge in [0, 0.05) is 12.6 Å². The van der Waals surface area contributed by atoms with Gasteiger partial charge in [0.05, 0.1) is 10.6 Å². The second-order valence-corrected chi connectivity index (χ2v) is 5.37. The predicted octanol–water partition coefficient (Wildman–Crippen LogP) is 1.97. The maximum atomic E-state index is 4.16. The average Bonchev–Trinajstić information content (AvgIpc) is 2.71. The molecule has 0 aliphatic rings. The van der Waals surface area contributed by atoms with Crippen molar-refractivity contribution < 1.29 is 0 Å². The van der Waals surface area contributed by atoms with Gasteiger partial charge in [0.1, 0.15) is 0 Å². The summed E-state index contributed by atoms with van der Waals surface area (Å²) >= 11 is 1.52. The third-order valence-electron chi connectivity index (χ3n) is 2.49. The summed E-state index contributed by atoms with van der Waals surface area (Å²) in [5.41, 5.74) is 1.17. The van der Waals surface area contributed by atoms with Gasteiger partial charge in [0.25, 0.3) is 0 Å². The van der Waals surface area contributed by atoms with Crippen LogP contribution in [0.4, 0.5) is 0 Å². The van der Waals surface area contributed by atoms with Crippen molar-refractivity contribution in [2.24, 2.45) is 0 Å². The minimum atomic E-state index is 0.580. The zero-order valence-electron chi connectivity index (χ0n) is 11.1. The van der Waals surface area contributed by atoms with Crippen LogP contribution in [0, 0.1) is 0 Å². The van der Waals surface area contributed by atoms with Gasteiger partial charge >= 0.3 is 0 Å². The van der Waals surface area contributed by atoms with Gasteiger partial charge in [-0.25, -0.2) is 0 Å². The summed E-state index contributed by atoms with van der Waals surface area (Å²) in [6.45, 7) is 9.56. The SMILES string of the molecule is CCCc1nnsc1CNCCCNC(C)C. The monoisotopic (exact) mass is 256 g/mol. The number of hydrogen-bond acceptors (Lipinski definition) is 5. The van der Waals surface area contributed by atoms with E-state index in [0.29, 0.717) is 6.04 Å². The summed E-state index contributed by atoms with van der Waals surface area (Å²) in [4.78, 5) is 1.30. The summed E-state index contributed by atoms with van der Waals surface area (Å²) in [5, 5.41) is 11.0. The van der Waals surface area contributed by atoms with E-state index in [2.05, 4.69) is 41.0 Å². The number of aryl methyl sites for hydroxylation is 1. The lowest BCUT2D eigenvalue weighted by molar-refractivity contribution is 0.548. The van der Waals surface area contributed by atoms with Crippen LogP contribution in [0.2, 0.25) is 0 Å². The van der Waals surface area contributed by atoms with Crippen LogP contribution in [0.3, 0.4) is 0 Å². The fraction of sp³-hybridized carbons (Fsp3) is 0.833. The van der Waals surface area contributed by atoms with Crippen LogP contribution in [-0.4, -0.2) is 28.7 Å². The molecular weight excluding hydrogens is 232 g/mol. The zero-order chi connectivity index (χ0) is 12.5.